The maximum atomic E-state index is 10.7. The van der Waals surface area contributed by atoms with Crippen LogP contribution in [0.2, 0.25) is 0 Å². The third-order valence-electron chi connectivity index (χ3n) is 1.06. The number of hydrogen-bond acceptors (Lipinski definition) is 3. The Morgan fingerprint density at radius 1 is 1.64 bits per heavy atom. The summed E-state index contributed by atoms with van der Waals surface area (Å²) in [6.45, 7) is 6.83. The fourth-order valence-corrected chi connectivity index (χ4v) is 0.514. The second-order valence-corrected chi connectivity index (χ2v) is 1.99. The van der Waals surface area contributed by atoms with Gasteiger partial charge in [-0.05, 0) is 0 Å². The Morgan fingerprint density at radius 3 is 2.55 bits per heavy atom. The Balaban J connectivity index is 4.01. The van der Waals surface area contributed by atoms with E-state index in [1.54, 1.807) is 0 Å². The molecule has 0 bridgehead atoms. The molecule has 0 unspecified atom stereocenters. The second-order valence-electron chi connectivity index (χ2n) is 1.99. The summed E-state index contributed by atoms with van der Waals surface area (Å²) in [7, 11) is 1.27. The lowest BCUT2D eigenvalue weighted by molar-refractivity contribution is -0.136. The van der Waals surface area contributed by atoms with Gasteiger partial charge in [0.15, 0.2) is 0 Å². The van der Waals surface area contributed by atoms with Crippen molar-refractivity contribution in [1.29, 1.82) is 5.26 Å². The second kappa shape index (κ2) is 4.29. The summed E-state index contributed by atoms with van der Waals surface area (Å²) in [6, 6.07) is 1.81. The molecule has 3 heteroatoms. The first-order chi connectivity index (χ1) is 5.11. The number of methoxy groups -OCH3 is 1. The average Bonchev–Trinajstić information content (AvgIpc) is 2.02. The van der Waals surface area contributed by atoms with Crippen LogP contribution >= 0.6 is 0 Å². The Labute approximate surface area is 65.6 Å². The van der Waals surface area contributed by atoms with Crippen LogP contribution in [0.1, 0.15) is 6.42 Å². The standard InChI is InChI=1S/C8H9NO2/c1-6(5-9)4-7(2)8(10)11-3/h1-2,4H2,3H3. The number of ether oxygens (including phenoxy) is 1. The highest BCUT2D eigenvalue weighted by Crippen LogP contribution is 2.06. The van der Waals surface area contributed by atoms with E-state index in [4.69, 9.17) is 5.26 Å². The number of esters is 1. The molecular weight excluding hydrogens is 142 g/mol. The minimum Gasteiger partial charge on any atom is -0.466 e. The van der Waals surface area contributed by atoms with Gasteiger partial charge in [0.25, 0.3) is 0 Å². The molecule has 0 fully saturated rings. The van der Waals surface area contributed by atoms with Crippen molar-refractivity contribution in [2.45, 2.75) is 6.42 Å². The summed E-state index contributed by atoms with van der Waals surface area (Å²) >= 11 is 0. The number of nitrogens with zero attached hydrogens (tertiary/aromatic N) is 1. The van der Waals surface area contributed by atoms with Crippen molar-refractivity contribution in [2.75, 3.05) is 7.11 Å². The maximum Gasteiger partial charge on any atom is 0.333 e. The van der Waals surface area contributed by atoms with Crippen LogP contribution < -0.4 is 0 Å². The highest BCUT2D eigenvalue weighted by atomic mass is 16.5. The number of carbonyl (C=O) groups is 1. The van der Waals surface area contributed by atoms with Crippen LogP contribution in [0.4, 0.5) is 0 Å². The Morgan fingerprint density at radius 2 is 2.18 bits per heavy atom. The Hall–Kier alpha value is -1.56. The minimum absolute atomic E-state index is 0.184. The van der Waals surface area contributed by atoms with Crippen molar-refractivity contribution < 1.29 is 9.53 Å². The van der Waals surface area contributed by atoms with Gasteiger partial charge in [0.1, 0.15) is 0 Å². The predicted octanol–water partition coefficient (Wildman–Crippen LogP) is 1.19. The van der Waals surface area contributed by atoms with Crippen molar-refractivity contribution in [3.05, 3.63) is 24.3 Å². The summed E-state index contributed by atoms with van der Waals surface area (Å²) in [5.41, 5.74) is 0.555. The first-order valence-electron chi connectivity index (χ1n) is 2.95. The van der Waals surface area contributed by atoms with Gasteiger partial charge in [0.2, 0.25) is 0 Å². The monoisotopic (exact) mass is 151 g/mol. The van der Waals surface area contributed by atoms with Crippen molar-refractivity contribution in [2.24, 2.45) is 0 Å². The van der Waals surface area contributed by atoms with E-state index >= 15 is 0 Å². The molecule has 0 aromatic heterocycles. The summed E-state index contributed by atoms with van der Waals surface area (Å²) < 4.78 is 4.37. The van der Waals surface area contributed by atoms with Crippen molar-refractivity contribution in [3.8, 4) is 6.07 Å². The summed E-state index contributed by atoms with van der Waals surface area (Å²) in [6.07, 6.45) is 0.184. The van der Waals surface area contributed by atoms with Gasteiger partial charge in [-0.1, -0.05) is 13.2 Å². The molecule has 0 heterocycles. The molecule has 0 N–H and O–H groups in total. The zero-order chi connectivity index (χ0) is 8.85. The first kappa shape index (κ1) is 9.44. The van der Waals surface area contributed by atoms with Gasteiger partial charge in [-0.3, -0.25) is 0 Å². The first-order valence-corrected chi connectivity index (χ1v) is 2.95. The molecule has 0 amide bonds. The van der Waals surface area contributed by atoms with Crippen molar-refractivity contribution >= 4 is 5.97 Å². The molecule has 11 heavy (non-hydrogen) atoms. The zero-order valence-electron chi connectivity index (χ0n) is 6.39. The highest BCUT2D eigenvalue weighted by molar-refractivity contribution is 5.88. The largest absolute Gasteiger partial charge is 0.466 e. The molecule has 0 saturated carbocycles. The molecule has 0 aliphatic rings. The summed E-state index contributed by atoms with van der Waals surface area (Å²) in [5.74, 6) is -0.499. The van der Waals surface area contributed by atoms with Gasteiger partial charge in [0, 0.05) is 17.6 Å². The van der Waals surface area contributed by atoms with Crippen LogP contribution in [0.3, 0.4) is 0 Å². The number of hydrogen-bond donors (Lipinski definition) is 0. The van der Waals surface area contributed by atoms with Crippen LogP contribution in [-0.2, 0) is 9.53 Å². The van der Waals surface area contributed by atoms with Crippen LogP contribution in [0.25, 0.3) is 0 Å². The number of rotatable bonds is 3. The normalized spacial score (nSPS) is 8.00. The lowest BCUT2D eigenvalue weighted by Gasteiger charge is -1.99. The third-order valence-corrected chi connectivity index (χ3v) is 1.06. The minimum atomic E-state index is -0.499. The van der Waals surface area contributed by atoms with Crippen LogP contribution in [-0.4, -0.2) is 13.1 Å². The van der Waals surface area contributed by atoms with Crippen molar-refractivity contribution in [3.63, 3.8) is 0 Å². The van der Waals surface area contributed by atoms with Crippen LogP contribution in [0, 0.1) is 11.3 Å². The number of nitriles is 1. The van der Waals surface area contributed by atoms with E-state index in [1.165, 1.54) is 7.11 Å². The van der Waals surface area contributed by atoms with Gasteiger partial charge in [-0.25, -0.2) is 4.79 Å². The highest BCUT2D eigenvalue weighted by Gasteiger charge is 2.06. The fraction of sp³-hybridized carbons (Fsp3) is 0.250. The van der Waals surface area contributed by atoms with Crippen molar-refractivity contribution in [1.82, 2.24) is 0 Å². The zero-order valence-corrected chi connectivity index (χ0v) is 6.39. The fourth-order valence-electron chi connectivity index (χ4n) is 0.514. The molecule has 0 aliphatic carbocycles. The van der Waals surface area contributed by atoms with E-state index in [0.717, 1.165) is 0 Å². The topological polar surface area (TPSA) is 50.1 Å². The summed E-state index contributed by atoms with van der Waals surface area (Å²) in [4.78, 5) is 10.7. The SMILES string of the molecule is C=C(C#N)CC(=C)C(=O)OC. The quantitative estimate of drug-likeness (QED) is 0.346. The Kier molecular flexibility index (Phi) is 3.68. The van der Waals surface area contributed by atoms with Gasteiger partial charge >= 0.3 is 5.97 Å². The van der Waals surface area contributed by atoms with E-state index < -0.39 is 5.97 Å². The smallest absolute Gasteiger partial charge is 0.333 e. The van der Waals surface area contributed by atoms with E-state index in [0.29, 0.717) is 5.57 Å². The van der Waals surface area contributed by atoms with Gasteiger partial charge in [-0.2, -0.15) is 5.26 Å². The molecule has 0 radical (unpaired) electrons. The molecule has 0 aliphatic heterocycles. The maximum absolute atomic E-state index is 10.7. The van der Waals surface area contributed by atoms with Gasteiger partial charge < -0.3 is 4.74 Å². The molecule has 58 valence electrons. The third kappa shape index (κ3) is 3.21. The molecule has 0 atom stereocenters. The van der Waals surface area contributed by atoms with Gasteiger partial charge in [0.05, 0.1) is 13.2 Å². The molecule has 0 rings (SSSR count). The lowest BCUT2D eigenvalue weighted by atomic mass is 10.1. The van der Waals surface area contributed by atoms with E-state index in [9.17, 15) is 4.79 Å². The molecule has 0 aromatic carbocycles. The van der Waals surface area contributed by atoms with Gasteiger partial charge in [-0.15, -0.1) is 0 Å². The molecule has 0 saturated heterocycles. The average molecular weight is 151 g/mol. The van der Waals surface area contributed by atoms with Crippen LogP contribution in [0.15, 0.2) is 24.3 Å². The lowest BCUT2D eigenvalue weighted by Crippen LogP contribution is -2.03. The molecule has 0 spiro atoms. The number of allylic oxidation sites excluding steroid dienone is 1. The van der Waals surface area contributed by atoms with E-state index in [-0.39, 0.29) is 12.0 Å². The predicted molar refractivity (Wildman–Crippen MR) is 40.5 cm³/mol. The molecule has 0 aromatic rings. The molecular formula is C8H9NO2. The summed E-state index contributed by atoms with van der Waals surface area (Å²) in [5, 5.41) is 8.30. The van der Waals surface area contributed by atoms with Crippen LogP contribution in [0.5, 0.6) is 0 Å². The van der Waals surface area contributed by atoms with E-state index in [2.05, 4.69) is 17.9 Å². The number of carbonyl (C=O) groups excluding carboxylic acids is 1. The van der Waals surface area contributed by atoms with E-state index in [1.807, 2.05) is 6.07 Å². The molecule has 3 nitrogen and oxygen atoms in total. The Bertz CT molecular complexity index is 235.